The van der Waals surface area contributed by atoms with Gasteiger partial charge in [0.2, 0.25) is 0 Å². The molecule has 1 spiro atoms. The Bertz CT molecular complexity index is 1280. The molecule has 2 saturated carbocycles. The van der Waals surface area contributed by atoms with Crippen LogP contribution < -0.4 is 15.0 Å². The lowest BCUT2D eigenvalue weighted by Crippen LogP contribution is -2.81. The second-order valence-corrected chi connectivity index (χ2v) is 12.2. The van der Waals surface area contributed by atoms with E-state index < -0.39 is 23.2 Å². The molecule has 1 saturated heterocycles. The van der Waals surface area contributed by atoms with E-state index in [0.29, 0.717) is 56.0 Å². The maximum atomic E-state index is 14.3. The van der Waals surface area contributed by atoms with Crippen molar-refractivity contribution in [3.8, 4) is 11.5 Å². The van der Waals surface area contributed by atoms with Gasteiger partial charge in [0.25, 0.3) is 5.91 Å². The summed E-state index contributed by atoms with van der Waals surface area (Å²) >= 11 is 0. The van der Waals surface area contributed by atoms with Crippen LogP contribution in [-0.2, 0) is 11.8 Å². The zero-order chi connectivity index (χ0) is 25.7. The summed E-state index contributed by atoms with van der Waals surface area (Å²) in [4.78, 5) is 15.3. The summed E-state index contributed by atoms with van der Waals surface area (Å²) in [6.45, 7) is 0.989. The molecule has 1 amide bonds. The SMILES string of the molecule is CN(C)c1ccc(C(=O)N[C@@H]2CC[C@@]3(O)[C@H]4Cc5ccc(O)c6c5C3(CC[N+]4([O-])CC3CC3)[C@H]2O6)cc1. The van der Waals surface area contributed by atoms with Gasteiger partial charge in [-0.3, -0.25) is 4.79 Å². The molecular formula is C29H35N3O5. The Kier molecular flexibility index (Phi) is 4.80. The van der Waals surface area contributed by atoms with Crippen LogP contribution in [0, 0.1) is 11.1 Å². The molecule has 0 radical (unpaired) electrons. The number of hydrogen-bond donors (Lipinski definition) is 3. The number of likely N-dealkylation sites (tertiary alicyclic amines) is 1. The van der Waals surface area contributed by atoms with Gasteiger partial charge in [-0.05, 0) is 61.6 Å². The van der Waals surface area contributed by atoms with Crippen LogP contribution in [0.5, 0.6) is 11.5 Å². The third kappa shape index (κ3) is 3.09. The smallest absolute Gasteiger partial charge is 0.251 e. The van der Waals surface area contributed by atoms with Crippen molar-refractivity contribution in [2.45, 2.75) is 67.7 Å². The zero-order valence-electron chi connectivity index (χ0n) is 21.4. The fourth-order valence-corrected chi connectivity index (χ4v) is 8.07. The molecule has 3 N–H and O–H groups in total. The van der Waals surface area contributed by atoms with Gasteiger partial charge in [0.15, 0.2) is 11.5 Å². The molecule has 196 valence electrons. The number of quaternary nitrogens is 1. The summed E-state index contributed by atoms with van der Waals surface area (Å²) in [7, 11) is 3.91. The largest absolute Gasteiger partial charge is 0.632 e. The number of hydroxylamine groups is 3. The van der Waals surface area contributed by atoms with Gasteiger partial charge in [-0.1, -0.05) is 6.07 Å². The highest BCUT2D eigenvalue weighted by Crippen LogP contribution is 2.66. The van der Waals surface area contributed by atoms with Crippen molar-refractivity contribution >= 4 is 11.6 Å². The number of hydrogen-bond acceptors (Lipinski definition) is 6. The highest BCUT2D eigenvalue weighted by Gasteiger charge is 2.76. The van der Waals surface area contributed by atoms with Crippen molar-refractivity contribution in [3.63, 3.8) is 0 Å². The van der Waals surface area contributed by atoms with Gasteiger partial charge in [0.05, 0.1) is 24.5 Å². The number of nitrogens with one attached hydrogen (secondary N) is 1. The molecule has 2 aromatic rings. The molecule has 37 heavy (non-hydrogen) atoms. The van der Waals surface area contributed by atoms with Crippen molar-refractivity contribution in [3.05, 3.63) is 58.3 Å². The van der Waals surface area contributed by atoms with E-state index in [1.807, 2.05) is 49.3 Å². The van der Waals surface area contributed by atoms with Crippen LogP contribution >= 0.6 is 0 Å². The minimum Gasteiger partial charge on any atom is -0.632 e. The van der Waals surface area contributed by atoms with Crippen LogP contribution in [0.15, 0.2) is 36.4 Å². The predicted octanol–water partition coefficient (Wildman–Crippen LogP) is 2.83. The molecule has 3 fully saturated rings. The lowest BCUT2D eigenvalue weighted by molar-refractivity contribution is -0.924. The van der Waals surface area contributed by atoms with Gasteiger partial charge in [-0.25, -0.2) is 0 Å². The average molecular weight is 506 g/mol. The summed E-state index contributed by atoms with van der Waals surface area (Å²) in [5, 5.41) is 40.8. The van der Waals surface area contributed by atoms with E-state index >= 15 is 0 Å². The fraction of sp³-hybridized carbons (Fsp3) is 0.552. The van der Waals surface area contributed by atoms with Crippen LogP contribution in [-0.4, -0.2) is 71.7 Å². The Morgan fingerprint density at radius 2 is 1.92 bits per heavy atom. The number of piperidine rings is 1. The Morgan fingerprint density at radius 3 is 2.62 bits per heavy atom. The van der Waals surface area contributed by atoms with Crippen molar-refractivity contribution in [2.24, 2.45) is 5.92 Å². The highest BCUT2D eigenvalue weighted by molar-refractivity contribution is 5.94. The molecule has 8 heteroatoms. The third-order valence-corrected chi connectivity index (χ3v) is 10.0. The lowest BCUT2D eigenvalue weighted by Gasteiger charge is -2.68. The Balaban J connectivity index is 1.26. The van der Waals surface area contributed by atoms with Crippen LogP contribution in [0.1, 0.15) is 53.6 Å². The van der Waals surface area contributed by atoms with Gasteiger partial charge in [-0.15, -0.1) is 0 Å². The summed E-state index contributed by atoms with van der Waals surface area (Å²) in [6.07, 6.45) is 3.55. The molecule has 6 atom stereocenters. The summed E-state index contributed by atoms with van der Waals surface area (Å²) in [5.74, 6) is 0.743. The third-order valence-electron chi connectivity index (χ3n) is 10.0. The molecule has 2 unspecified atom stereocenters. The van der Waals surface area contributed by atoms with Gasteiger partial charge < -0.3 is 35.0 Å². The number of aromatic hydroxyl groups is 1. The first-order chi connectivity index (χ1) is 17.7. The summed E-state index contributed by atoms with van der Waals surface area (Å²) < 4.78 is 6.15. The number of carbonyl (C=O) groups excluding carboxylic acids is 1. The van der Waals surface area contributed by atoms with E-state index in [9.17, 15) is 20.2 Å². The molecule has 2 bridgehead atoms. The van der Waals surface area contributed by atoms with E-state index in [0.717, 1.165) is 29.7 Å². The van der Waals surface area contributed by atoms with E-state index in [1.54, 1.807) is 6.07 Å². The number of nitrogens with zero attached hydrogens (tertiary/aromatic N) is 2. The molecule has 7 rings (SSSR count). The first-order valence-electron chi connectivity index (χ1n) is 13.6. The second-order valence-electron chi connectivity index (χ2n) is 12.2. The average Bonchev–Trinajstić information content (AvgIpc) is 3.60. The first kappa shape index (κ1) is 23.3. The minimum absolute atomic E-state index is 0.0547. The van der Waals surface area contributed by atoms with Gasteiger partial charge in [0, 0.05) is 49.7 Å². The van der Waals surface area contributed by atoms with Crippen molar-refractivity contribution < 1.29 is 24.4 Å². The van der Waals surface area contributed by atoms with Crippen LogP contribution in [0.3, 0.4) is 0 Å². The summed E-state index contributed by atoms with van der Waals surface area (Å²) in [5.41, 5.74) is 1.37. The number of anilines is 1. The maximum absolute atomic E-state index is 14.3. The minimum atomic E-state index is -1.24. The number of rotatable bonds is 5. The molecule has 2 aliphatic heterocycles. The maximum Gasteiger partial charge on any atom is 0.251 e. The van der Waals surface area contributed by atoms with E-state index in [-0.39, 0.29) is 22.3 Å². The quantitative estimate of drug-likeness (QED) is 0.426. The fourth-order valence-electron chi connectivity index (χ4n) is 8.07. The standard InChI is InChI=1S/C29H35N3O5/c1-31(2)20-8-5-18(6-9-20)27(34)30-21-11-12-29(35)23-15-19-7-10-22(33)25-24(19)28(29,26(21)37-25)13-14-32(23,36)16-17-3-4-17/h5-10,17,21,23,26,33,35H,3-4,11-16H2,1-2H3,(H,30,34)/t21-,23-,26+,28?,29-,32?/m1/s1. The van der Waals surface area contributed by atoms with E-state index in [4.69, 9.17) is 4.74 Å². The highest BCUT2D eigenvalue weighted by atomic mass is 16.6. The van der Waals surface area contributed by atoms with Crippen molar-refractivity contribution in [1.29, 1.82) is 0 Å². The van der Waals surface area contributed by atoms with Crippen molar-refractivity contribution in [1.82, 2.24) is 5.32 Å². The molecule has 2 aromatic carbocycles. The molecular weight excluding hydrogens is 470 g/mol. The van der Waals surface area contributed by atoms with Gasteiger partial charge in [0.1, 0.15) is 17.7 Å². The number of benzene rings is 2. The number of ether oxygens (including phenoxy) is 1. The molecule has 0 aromatic heterocycles. The number of aliphatic hydroxyl groups is 1. The van der Waals surface area contributed by atoms with Crippen LogP contribution in [0.2, 0.25) is 0 Å². The number of phenolic OH excluding ortho intramolecular Hbond substituents is 1. The molecule has 5 aliphatic rings. The number of phenols is 1. The number of amides is 1. The topological polar surface area (TPSA) is 105 Å². The summed E-state index contributed by atoms with van der Waals surface area (Å²) in [6, 6.07) is 10.2. The normalized spacial score (nSPS) is 36.9. The lowest BCUT2D eigenvalue weighted by atomic mass is 9.48. The molecule has 3 aliphatic carbocycles. The van der Waals surface area contributed by atoms with Crippen molar-refractivity contribution in [2.75, 3.05) is 32.1 Å². The Morgan fingerprint density at radius 1 is 1.16 bits per heavy atom. The predicted molar refractivity (Wildman–Crippen MR) is 139 cm³/mol. The number of carbonyl (C=O) groups is 1. The van der Waals surface area contributed by atoms with Gasteiger partial charge >= 0.3 is 0 Å². The van der Waals surface area contributed by atoms with E-state index in [1.165, 1.54) is 0 Å². The Hall–Kier alpha value is -2.81. The van der Waals surface area contributed by atoms with Crippen LogP contribution in [0.25, 0.3) is 0 Å². The monoisotopic (exact) mass is 505 g/mol. The second kappa shape index (κ2) is 7.62. The van der Waals surface area contributed by atoms with Crippen LogP contribution in [0.4, 0.5) is 5.69 Å². The van der Waals surface area contributed by atoms with Gasteiger partial charge in [-0.2, -0.15) is 0 Å². The molecule has 2 heterocycles. The Labute approximate surface area is 217 Å². The van der Waals surface area contributed by atoms with E-state index in [2.05, 4.69) is 5.32 Å². The molecule has 8 nitrogen and oxygen atoms in total. The first-order valence-corrected chi connectivity index (χ1v) is 13.6. The zero-order valence-corrected chi connectivity index (χ0v) is 21.4.